The van der Waals surface area contributed by atoms with Gasteiger partial charge in [-0.1, -0.05) is 0 Å². The molecule has 1 aromatic carbocycles. The Bertz CT molecular complexity index is 1560. The Morgan fingerprint density at radius 1 is 1.16 bits per heavy atom. The summed E-state index contributed by atoms with van der Waals surface area (Å²) in [4.78, 5) is 24.7. The largest absolute Gasteiger partial charge is 0.492 e. The summed E-state index contributed by atoms with van der Waals surface area (Å²) in [5.41, 5.74) is 6.87. The number of carbonyl (C=O) groups excluding carboxylic acids is 1. The zero-order valence-electron chi connectivity index (χ0n) is 22.4. The van der Waals surface area contributed by atoms with Crippen LogP contribution in [0.2, 0.25) is 0 Å². The number of hydrogen-bond donors (Lipinski definition) is 0. The highest BCUT2D eigenvalue weighted by atomic mass is 16.5. The Morgan fingerprint density at radius 3 is 2.61 bits per heavy atom. The van der Waals surface area contributed by atoms with E-state index in [1.54, 1.807) is 12.3 Å². The van der Waals surface area contributed by atoms with Gasteiger partial charge in [0.05, 0.1) is 24.0 Å². The lowest BCUT2D eigenvalue weighted by Gasteiger charge is -2.34. The molecule has 0 bridgehead atoms. The van der Waals surface area contributed by atoms with Crippen LogP contribution in [0.1, 0.15) is 64.1 Å². The normalized spacial score (nSPS) is 13.8. The van der Waals surface area contributed by atoms with Gasteiger partial charge in [0, 0.05) is 62.1 Å². The van der Waals surface area contributed by atoms with E-state index >= 15 is 0 Å². The first-order valence-electron chi connectivity index (χ1n) is 12.8. The number of aryl methyl sites for hydroxylation is 3. The van der Waals surface area contributed by atoms with Gasteiger partial charge in [-0.3, -0.25) is 14.5 Å². The molecule has 0 radical (unpaired) electrons. The molecule has 5 rings (SSSR count). The molecule has 0 spiro atoms. The molecular weight excluding hydrogens is 478 g/mol. The van der Waals surface area contributed by atoms with Crippen molar-refractivity contribution in [2.45, 2.75) is 46.7 Å². The maximum atomic E-state index is 14.0. The van der Waals surface area contributed by atoms with Crippen molar-refractivity contribution in [3.8, 4) is 22.9 Å². The van der Waals surface area contributed by atoms with E-state index < -0.39 is 0 Å². The average Bonchev–Trinajstić information content (AvgIpc) is 3.47. The van der Waals surface area contributed by atoms with Crippen LogP contribution in [0.4, 0.5) is 0 Å². The molecule has 1 aliphatic rings. The predicted octanol–water partition coefficient (Wildman–Crippen LogP) is 4.37. The molecular formula is C29H31N7O2. The van der Waals surface area contributed by atoms with E-state index in [9.17, 15) is 10.1 Å². The third-order valence-electron chi connectivity index (χ3n) is 7.19. The Morgan fingerprint density at radius 2 is 1.95 bits per heavy atom. The van der Waals surface area contributed by atoms with E-state index in [4.69, 9.17) is 4.74 Å². The van der Waals surface area contributed by atoms with E-state index in [2.05, 4.69) is 31.8 Å². The van der Waals surface area contributed by atoms with Crippen molar-refractivity contribution in [3.63, 3.8) is 0 Å². The van der Waals surface area contributed by atoms with E-state index in [1.807, 2.05) is 62.8 Å². The zero-order valence-corrected chi connectivity index (χ0v) is 22.4. The van der Waals surface area contributed by atoms with Crippen molar-refractivity contribution in [1.82, 2.24) is 29.2 Å². The summed E-state index contributed by atoms with van der Waals surface area (Å²) in [6.45, 7) is 9.44. The number of benzene rings is 1. The molecule has 1 aliphatic heterocycles. The Labute approximate surface area is 222 Å². The van der Waals surface area contributed by atoms with Crippen LogP contribution in [0.25, 0.3) is 11.1 Å². The van der Waals surface area contributed by atoms with Gasteiger partial charge in [0.2, 0.25) is 0 Å². The van der Waals surface area contributed by atoms with E-state index in [0.717, 1.165) is 33.8 Å². The van der Waals surface area contributed by atoms with Crippen molar-refractivity contribution < 1.29 is 9.53 Å². The topological polar surface area (TPSA) is 102 Å². The number of aromatic nitrogens is 5. The number of amides is 1. The molecule has 0 aliphatic carbocycles. The fourth-order valence-corrected chi connectivity index (χ4v) is 5.21. The lowest BCUT2D eigenvalue weighted by molar-refractivity contribution is 0.0669. The first kappa shape index (κ1) is 25.2. The summed E-state index contributed by atoms with van der Waals surface area (Å²) in [6, 6.07) is 7.81. The molecule has 3 aromatic heterocycles. The summed E-state index contributed by atoms with van der Waals surface area (Å²) < 4.78 is 9.55. The first-order valence-corrected chi connectivity index (χ1v) is 12.8. The second-order valence-corrected chi connectivity index (χ2v) is 9.65. The lowest BCUT2D eigenvalue weighted by atomic mass is 9.87. The Kier molecular flexibility index (Phi) is 6.72. The van der Waals surface area contributed by atoms with Crippen LogP contribution in [0, 0.1) is 25.2 Å². The summed E-state index contributed by atoms with van der Waals surface area (Å²) in [5.74, 6) is 1.37. The summed E-state index contributed by atoms with van der Waals surface area (Å²) in [7, 11) is 1.91. The van der Waals surface area contributed by atoms with Crippen LogP contribution in [-0.2, 0) is 20.0 Å². The van der Waals surface area contributed by atoms with Gasteiger partial charge in [-0.2, -0.15) is 10.4 Å². The van der Waals surface area contributed by atoms with E-state index in [-0.39, 0.29) is 11.9 Å². The predicted molar refractivity (Wildman–Crippen MR) is 143 cm³/mol. The second kappa shape index (κ2) is 10.1. The van der Waals surface area contributed by atoms with Crippen LogP contribution in [0.3, 0.4) is 0 Å². The minimum atomic E-state index is -0.286. The summed E-state index contributed by atoms with van der Waals surface area (Å²) in [6.07, 6.45) is 8.00. The molecule has 4 aromatic rings. The number of carbonyl (C=O) groups is 1. The number of hydrogen-bond acceptors (Lipinski definition) is 6. The van der Waals surface area contributed by atoms with Crippen LogP contribution in [0.5, 0.6) is 5.75 Å². The number of rotatable bonds is 7. The Balaban J connectivity index is 1.56. The highest BCUT2D eigenvalue weighted by Gasteiger charge is 2.32. The third kappa shape index (κ3) is 4.54. The molecule has 0 saturated carbocycles. The number of pyridine rings is 1. The number of ether oxygens (including phenoxy) is 1. The zero-order chi connectivity index (χ0) is 27.0. The first-order chi connectivity index (χ1) is 18.3. The summed E-state index contributed by atoms with van der Waals surface area (Å²) in [5, 5.41) is 14.0. The molecule has 0 N–H and O–H groups in total. The maximum absolute atomic E-state index is 14.0. The molecule has 1 amide bonds. The van der Waals surface area contributed by atoms with Gasteiger partial charge in [-0.15, -0.1) is 0 Å². The smallest absolute Gasteiger partial charge is 0.254 e. The molecule has 4 heterocycles. The van der Waals surface area contributed by atoms with Crippen LogP contribution in [-0.4, -0.2) is 48.3 Å². The van der Waals surface area contributed by atoms with E-state index in [0.29, 0.717) is 48.7 Å². The fourth-order valence-electron chi connectivity index (χ4n) is 5.21. The maximum Gasteiger partial charge on any atom is 0.254 e. The SMILES string of the molecule is CCOc1cc([C@H](C)N2CCc3c(cc(Cn4ccnc4C)cc3-c3cn(C)nc3C)C2=O)ncc1C#N. The van der Waals surface area contributed by atoms with Crippen LogP contribution < -0.4 is 4.74 Å². The molecule has 9 nitrogen and oxygen atoms in total. The third-order valence-corrected chi connectivity index (χ3v) is 7.19. The van der Waals surface area contributed by atoms with Crippen molar-refractivity contribution in [3.05, 3.63) is 82.5 Å². The Hall–Kier alpha value is -4.45. The van der Waals surface area contributed by atoms with Crippen molar-refractivity contribution in [2.75, 3.05) is 13.2 Å². The summed E-state index contributed by atoms with van der Waals surface area (Å²) >= 11 is 0. The monoisotopic (exact) mass is 509 g/mol. The van der Waals surface area contributed by atoms with E-state index in [1.165, 1.54) is 6.20 Å². The molecule has 0 unspecified atom stereocenters. The van der Waals surface area contributed by atoms with Gasteiger partial charge < -0.3 is 14.2 Å². The standard InChI is InChI=1S/C29H31N7O2/c1-6-38-28-13-27(32-15-22(28)14-30)19(3)36-9-7-23-24(26-17-34(5)33-18(26)2)11-21(12-25(23)29(36)37)16-35-10-8-31-20(35)4/h8,10-13,15,17,19H,6-7,9,16H2,1-5H3/t19-/m0/s1. The van der Waals surface area contributed by atoms with Gasteiger partial charge in [-0.25, -0.2) is 4.98 Å². The molecule has 194 valence electrons. The van der Waals surface area contributed by atoms with Gasteiger partial charge in [-0.05, 0) is 62.9 Å². The van der Waals surface area contributed by atoms with Crippen LogP contribution in [0.15, 0.2) is 43.0 Å². The lowest BCUT2D eigenvalue weighted by Crippen LogP contribution is -2.40. The van der Waals surface area contributed by atoms with Gasteiger partial charge >= 0.3 is 0 Å². The van der Waals surface area contributed by atoms with Crippen molar-refractivity contribution in [2.24, 2.45) is 7.05 Å². The van der Waals surface area contributed by atoms with Gasteiger partial charge in [0.25, 0.3) is 5.91 Å². The highest BCUT2D eigenvalue weighted by molar-refractivity contribution is 5.99. The molecule has 0 fully saturated rings. The average molecular weight is 510 g/mol. The highest BCUT2D eigenvalue weighted by Crippen LogP contribution is 2.36. The quantitative estimate of drug-likeness (QED) is 0.367. The minimum Gasteiger partial charge on any atom is -0.492 e. The number of imidazole rings is 1. The number of nitriles is 1. The molecule has 38 heavy (non-hydrogen) atoms. The number of fused-ring (bicyclic) bond motifs is 1. The second-order valence-electron chi connectivity index (χ2n) is 9.65. The number of nitrogens with zero attached hydrogens (tertiary/aromatic N) is 7. The van der Waals surface area contributed by atoms with Crippen molar-refractivity contribution in [1.29, 1.82) is 5.26 Å². The molecule has 0 saturated heterocycles. The van der Waals surface area contributed by atoms with Crippen molar-refractivity contribution >= 4 is 5.91 Å². The molecule has 9 heteroatoms. The van der Waals surface area contributed by atoms with Crippen LogP contribution >= 0.6 is 0 Å². The molecule has 1 atom stereocenters. The minimum absolute atomic E-state index is 0.0325. The van der Waals surface area contributed by atoms with Gasteiger partial charge in [0.1, 0.15) is 23.2 Å². The fraction of sp³-hybridized carbons (Fsp3) is 0.345. The van der Waals surface area contributed by atoms with Gasteiger partial charge in [0.15, 0.2) is 0 Å².